The van der Waals surface area contributed by atoms with Gasteiger partial charge in [0.1, 0.15) is 5.75 Å². The van der Waals surface area contributed by atoms with Crippen LogP contribution in [-0.4, -0.2) is 29.5 Å². The van der Waals surface area contributed by atoms with Gasteiger partial charge in [-0.25, -0.2) is 4.68 Å². The Hall–Kier alpha value is -3.38. The van der Waals surface area contributed by atoms with Gasteiger partial charge in [0.05, 0.1) is 25.6 Å². The summed E-state index contributed by atoms with van der Waals surface area (Å²) in [4.78, 5) is 8.96. The summed E-state index contributed by atoms with van der Waals surface area (Å²) in [5, 5.41) is 8.08. The molecule has 152 valence electrons. The van der Waals surface area contributed by atoms with Crippen molar-refractivity contribution in [1.82, 2.24) is 9.66 Å². The molecule has 0 aliphatic carbocycles. The van der Waals surface area contributed by atoms with Gasteiger partial charge in [-0.3, -0.25) is 4.99 Å². The molecule has 0 aliphatic rings. The molecule has 0 amide bonds. The second-order valence-corrected chi connectivity index (χ2v) is 8.01. The molecule has 6 heteroatoms. The molecule has 2 aromatic heterocycles. The summed E-state index contributed by atoms with van der Waals surface area (Å²) in [6.07, 6.45) is 1.91. The van der Waals surface area contributed by atoms with Crippen molar-refractivity contribution in [3.8, 4) is 17.0 Å². The first kappa shape index (κ1) is 19.9. The summed E-state index contributed by atoms with van der Waals surface area (Å²) in [5.74, 6) is 0.825. The fraction of sp³-hybridized carbons (Fsp3) is 0.167. The molecule has 0 saturated heterocycles. The molecule has 0 aliphatic heterocycles. The molecule has 0 fully saturated rings. The van der Waals surface area contributed by atoms with Crippen LogP contribution in [-0.2, 0) is 0 Å². The average Bonchev–Trinajstić information content (AvgIpc) is 3.30. The number of benzene rings is 2. The third kappa shape index (κ3) is 4.00. The van der Waals surface area contributed by atoms with Crippen molar-refractivity contribution in [3.63, 3.8) is 0 Å². The number of hydrogen-bond donors (Lipinski definition) is 1. The lowest BCUT2D eigenvalue weighted by molar-refractivity contribution is 0.415. The van der Waals surface area contributed by atoms with Gasteiger partial charge in [-0.1, -0.05) is 30.4 Å². The zero-order chi connectivity index (χ0) is 21.1. The van der Waals surface area contributed by atoms with Crippen LogP contribution in [0.1, 0.15) is 18.2 Å². The van der Waals surface area contributed by atoms with Gasteiger partial charge in [-0.2, -0.15) is 5.10 Å². The third-order valence-electron chi connectivity index (χ3n) is 4.80. The Kier molecular flexibility index (Phi) is 5.68. The third-order valence-corrected chi connectivity index (χ3v) is 5.66. The van der Waals surface area contributed by atoms with Gasteiger partial charge in [-0.05, 0) is 44.2 Å². The largest absolute Gasteiger partial charge is 0.497 e. The van der Waals surface area contributed by atoms with Crippen molar-refractivity contribution in [2.75, 3.05) is 13.7 Å². The summed E-state index contributed by atoms with van der Waals surface area (Å²) in [5.41, 5.74) is 6.32. The number of para-hydroxylation sites is 1. The number of aromatic nitrogens is 2. The van der Waals surface area contributed by atoms with E-state index in [-0.39, 0.29) is 0 Å². The number of hydrogen-bond acceptors (Lipinski definition) is 4. The molecule has 0 spiro atoms. The lowest BCUT2D eigenvalue weighted by atomic mass is 10.1. The van der Waals surface area contributed by atoms with Crippen molar-refractivity contribution < 1.29 is 4.74 Å². The van der Waals surface area contributed by atoms with Crippen LogP contribution in [0.3, 0.4) is 0 Å². The van der Waals surface area contributed by atoms with E-state index in [1.807, 2.05) is 54.2 Å². The standard InChI is InChI=1S/C24H24N4OS/c1-16(2)13-25-24-28(23(15-30-24)18-9-11-19(29-4)12-10-18)26-14-21-17(3)27-22-8-6-5-7-20(21)22/h5-12,14-15,27H,1,13H2,2-4H3. The SMILES string of the molecule is C=C(C)CN=c1scc(-c2ccc(OC)cc2)n1N=Cc1c(C)[nH]c2ccccc12. The van der Waals surface area contributed by atoms with Gasteiger partial charge >= 0.3 is 0 Å². The number of ether oxygens (including phenoxy) is 1. The normalized spacial score (nSPS) is 12.2. The molecule has 2 heterocycles. The van der Waals surface area contributed by atoms with Crippen molar-refractivity contribution in [3.05, 3.63) is 82.1 Å². The smallest absolute Gasteiger partial charge is 0.206 e. The van der Waals surface area contributed by atoms with Crippen LogP contribution in [0, 0.1) is 6.92 Å². The minimum atomic E-state index is 0.574. The van der Waals surface area contributed by atoms with Gasteiger partial charge in [0.25, 0.3) is 0 Å². The maximum atomic E-state index is 5.29. The Morgan fingerprint density at radius 1 is 1.20 bits per heavy atom. The highest BCUT2D eigenvalue weighted by Gasteiger charge is 2.10. The topological polar surface area (TPSA) is 54.7 Å². The highest BCUT2D eigenvalue weighted by molar-refractivity contribution is 7.07. The minimum Gasteiger partial charge on any atom is -0.497 e. The van der Waals surface area contributed by atoms with E-state index in [0.29, 0.717) is 6.54 Å². The predicted octanol–water partition coefficient (Wildman–Crippen LogP) is 5.37. The number of fused-ring (bicyclic) bond motifs is 1. The van der Waals surface area contributed by atoms with Crippen LogP contribution in [0.25, 0.3) is 22.2 Å². The van der Waals surface area contributed by atoms with Crippen molar-refractivity contribution >= 4 is 28.5 Å². The fourth-order valence-electron chi connectivity index (χ4n) is 3.26. The van der Waals surface area contributed by atoms with Crippen LogP contribution in [0.2, 0.25) is 0 Å². The van der Waals surface area contributed by atoms with Crippen molar-refractivity contribution in [2.24, 2.45) is 10.1 Å². The van der Waals surface area contributed by atoms with Crippen LogP contribution in [0.15, 0.2) is 76.2 Å². The molecule has 2 aromatic carbocycles. The van der Waals surface area contributed by atoms with E-state index >= 15 is 0 Å². The van der Waals surface area contributed by atoms with E-state index in [4.69, 9.17) is 14.8 Å². The maximum Gasteiger partial charge on any atom is 0.206 e. The minimum absolute atomic E-state index is 0.574. The number of rotatable bonds is 6. The summed E-state index contributed by atoms with van der Waals surface area (Å²) in [6, 6.07) is 16.2. The molecular weight excluding hydrogens is 392 g/mol. The number of aromatic amines is 1. The number of aryl methyl sites for hydroxylation is 1. The molecule has 0 bridgehead atoms. The fourth-order valence-corrected chi connectivity index (χ4v) is 4.10. The van der Waals surface area contributed by atoms with E-state index in [9.17, 15) is 0 Å². The second-order valence-electron chi connectivity index (χ2n) is 7.17. The first-order valence-corrected chi connectivity index (χ1v) is 10.6. The number of methoxy groups -OCH3 is 1. The Bertz CT molecular complexity index is 1290. The van der Waals surface area contributed by atoms with Gasteiger partial charge in [0.15, 0.2) is 0 Å². The molecule has 4 rings (SSSR count). The molecule has 0 unspecified atom stereocenters. The van der Waals surface area contributed by atoms with Gasteiger partial charge in [0.2, 0.25) is 4.80 Å². The number of nitrogens with one attached hydrogen (secondary N) is 1. The predicted molar refractivity (Wildman–Crippen MR) is 126 cm³/mol. The Labute approximate surface area is 179 Å². The maximum absolute atomic E-state index is 5.29. The first-order valence-electron chi connectivity index (χ1n) is 9.68. The molecule has 0 atom stereocenters. The molecule has 0 radical (unpaired) electrons. The molecule has 5 nitrogen and oxygen atoms in total. The van der Waals surface area contributed by atoms with E-state index in [0.717, 1.165) is 49.5 Å². The molecule has 0 saturated carbocycles. The Morgan fingerprint density at radius 3 is 2.70 bits per heavy atom. The summed E-state index contributed by atoms with van der Waals surface area (Å²) in [6.45, 7) is 8.58. The Balaban J connectivity index is 1.82. The summed E-state index contributed by atoms with van der Waals surface area (Å²) >= 11 is 1.57. The number of H-pyrrole nitrogens is 1. The van der Waals surface area contributed by atoms with Gasteiger partial charge in [-0.15, -0.1) is 11.3 Å². The van der Waals surface area contributed by atoms with Crippen LogP contribution < -0.4 is 9.54 Å². The van der Waals surface area contributed by atoms with Gasteiger partial charge in [0, 0.05) is 33.1 Å². The molecule has 4 aromatic rings. The molecule has 30 heavy (non-hydrogen) atoms. The number of nitrogens with zero attached hydrogens (tertiary/aromatic N) is 3. The van der Waals surface area contributed by atoms with Crippen LogP contribution in [0.5, 0.6) is 5.75 Å². The lowest BCUT2D eigenvalue weighted by Gasteiger charge is -2.05. The van der Waals surface area contributed by atoms with Crippen molar-refractivity contribution in [2.45, 2.75) is 13.8 Å². The van der Waals surface area contributed by atoms with Crippen molar-refractivity contribution in [1.29, 1.82) is 0 Å². The van der Waals surface area contributed by atoms with E-state index < -0.39 is 0 Å². The highest BCUT2D eigenvalue weighted by Crippen LogP contribution is 2.24. The number of thiazole rings is 1. The van der Waals surface area contributed by atoms with E-state index in [2.05, 4.69) is 36.0 Å². The van der Waals surface area contributed by atoms with E-state index in [1.165, 1.54) is 0 Å². The summed E-state index contributed by atoms with van der Waals surface area (Å²) in [7, 11) is 1.67. The summed E-state index contributed by atoms with van der Waals surface area (Å²) < 4.78 is 7.19. The zero-order valence-electron chi connectivity index (χ0n) is 17.3. The quantitative estimate of drug-likeness (QED) is 0.333. The lowest BCUT2D eigenvalue weighted by Crippen LogP contribution is -2.13. The van der Waals surface area contributed by atoms with E-state index in [1.54, 1.807) is 18.4 Å². The van der Waals surface area contributed by atoms with Crippen LogP contribution >= 0.6 is 11.3 Å². The van der Waals surface area contributed by atoms with Gasteiger partial charge < -0.3 is 9.72 Å². The Morgan fingerprint density at radius 2 is 1.97 bits per heavy atom. The molecule has 1 N–H and O–H groups in total. The second kappa shape index (κ2) is 8.55. The highest BCUT2D eigenvalue weighted by atomic mass is 32.1. The zero-order valence-corrected chi connectivity index (χ0v) is 18.2. The average molecular weight is 417 g/mol. The van der Waals surface area contributed by atoms with Crippen LogP contribution in [0.4, 0.5) is 0 Å². The first-order chi connectivity index (χ1) is 14.6. The monoisotopic (exact) mass is 416 g/mol. The molecular formula is C24H24N4OS.